The van der Waals surface area contributed by atoms with Crippen LogP contribution in [0.3, 0.4) is 0 Å². The molecule has 0 aliphatic heterocycles. The van der Waals surface area contributed by atoms with E-state index in [0.29, 0.717) is 13.2 Å². The van der Waals surface area contributed by atoms with Crippen molar-refractivity contribution in [3.8, 4) is 0 Å². The lowest BCUT2D eigenvalue weighted by molar-refractivity contribution is 0.116. The summed E-state index contributed by atoms with van der Waals surface area (Å²) >= 11 is 0. The SMILES string of the molecule is C=Cc1ccc(COCCCCCCOS(=O)(=O)Cc2ccccc2)cc1. The lowest BCUT2D eigenvalue weighted by Gasteiger charge is -2.07. The molecule has 0 saturated heterocycles. The number of ether oxygens (including phenoxy) is 1. The van der Waals surface area contributed by atoms with E-state index >= 15 is 0 Å². The van der Waals surface area contributed by atoms with Crippen molar-refractivity contribution in [2.24, 2.45) is 0 Å². The molecule has 0 spiro atoms. The Morgan fingerprint density at radius 3 is 2.15 bits per heavy atom. The summed E-state index contributed by atoms with van der Waals surface area (Å²) in [5.41, 5.74) is 3.00. The maximum absolute atomic E-state index is 11.9. The number of hydrogen-bond donors (Lipinski definition) is 0. The zero-order valence-electron chi connectivity index (χ0n) is 15.7. The summed E-state index contributed by atoms with van der Waals surface area (Å²) in [6.07, 6.45) is 5.44. The Morgan fingerprint density at radius 2 is 1.48 bits per heavy atom. The molecule has 146 valence electrons. The zero-order valence-corrected chi connectivity index (χ0v) is 16.5. The molecule has 2 rings (SSSR count). The monoisotopic (exact) mass is 388 g/mol. The van der Waals surface area contributed by atoms with Gasteiger partial charge in [-0.2, -0.15) is 8.42 Å². The van der Waals surface area contributed by atoms with Crippen molar-refractivity contribution in [1.29, 1.82) is 0 Å². The maximum Gasteiger partial charge on any atom is 0.271 e. The predicted molar refractivity (Wildman–Crippen MR) is 110 cm³/mol. The minimum atomic E-state index is -3.50. The number of hydrogen-bond acceptors (Lipinski definition) is 4. The van der Waals surface area contributed by atoms with Crippen molar-refractivity contribution in [3.63, 3.8) is 0 Å². The molecule has 0 aliphatic carbocycles. The predicted octanol–water partition coefficient (Wildman–Crippen LogP) is 4.95. The summed E-state index contributed by atoms with van der Waals surface area (Å²) in [6, 6.07) is 17.2. The third-order valence-electron chi connectivity index (χ3n) is 4.12. The second-order valence-electron chi connectivity index (χ2n) is 6.42. The second-order valence-corrected chi connectivity index (χ2v) is 8.06. The quantitative estimate of drug-likeness (QED) is 0.360. The molecule has 0 saturated carbocycles. The molecule has 2 aromatic rings. The van der Waals surface area contributed by atoms with Crippen molar-refractivity contribution < 1.29 is 17.3 Å². The van der Waals surface area contributed by atoms with Crippen LogP contribution in [0.1, 0.15) is 42.4 Å². The van der Waals surface area contributed by atoms with Gasteiger partial charge in [0.05, 0.1) is 13.2 Å². The van der Waals surface area contributed by atoms with Crippen LogP contribution in [-0.4, -0.2) is 21.6 Å². The van der Waals surface area contributed by atoms with Crippen molar-refractivity contribution >= 4 is 16.2 Å². The molecule has 0 fully saturated rings. The Kier molecular flexibility index (Phi) is 9.25. The van der Waals surface area contributed by atoms with Gasteiger partial charge in [-0.3, -0.25) is 4.18 Å². The lowest BCUT2D eigenvalue weighted by Crippen LogP contribution is -2.10. The van der Waals surface area contributed by atoms with Crippen LogP contribution in [0.5, 0.6) is 0 Å². The van der Waals surface area contributed by atoms with Crippen LogP contribution in [0.2, 0.25) is 0 Å². The molecule has 2 aromatic carbocycles. The van der Waals surface area contributed by atoms with Crippen molar-refractivity contribution in [2.75, 3.05) is 13.2 Å². The van der Waals surface area contributed by atoms with E-state index in [1.165, 1.54) is 0 Å². The fourth-order valence-electron chi connectivity index (χ4n) is 2.61. The molecule has 0 bridgehead atoms. The van der Waals surface area contributed by atoms with E-state index in [2.05, 4.69) is 6.58 Å². The van der Waals surface area contributed by atoms with Crippen LogP contribution >= 0.6 is 0 Å². The van der Waals surface area contributed by atoms with Gasteiger partial charge in [-0.25, -0.2) is 0 Å². The Hall–Kier alpha value is -1.95. The van der Waals surface area contributed by atoms with Crippen LogP contribution in [0.25, 0.3) is 6.08 Å². The normalized spacial score (nSPS) is 11.4. The molecule has 5 heteroatoms. The Bertz CT molecular complexity index is 768. The van der Waals surface area contributed by atoms with Gasteiger partial charge in [0.2, 0.25) is 0 Å². The van der Waals surface area contributed by atoms with Gasteiger partial charge >= 0.3 is 0 Å². The molecule has 4 nitrogen and oxygen atoms in total. The van der Waals surface area contributed by atoms with E-state index in [-0.39, 0.29) is 12.4 Å². The largest absolute Gasteiger partial charge is 0.377 e. The van der Waals surface area contributed by atoms with E-state index < -0.39 is 10.1 Å². The first kappa shape index (κ1) is 21.4. The van der Waals surface area contributed by atoms with Crippen molar-refractivity contribution in [3.05, 3.63) is 77.9 Å². The fraction of sp³-hybridized carbons (Fsp3) is 0.364. The van der Waals surface area contributed by atoms with Crippen LogP contribution in [0.4, 0.5) is 0 Å². The van der Waals surface area contributed by atoms with Crippen molar-refractivity contribution in [1.82, 2.24) is 0 Å². The molecule has 0 radical (unpaired) electrons. The Balaban J connectivity index is 1.49. The van der Waals surface area contributed by atoms with Gasteiger partial charge in [0.1, 0.15) is 5.75 Å². The smallest absolute Gasteiger partial charge is 0.271 e. The van der Waals surface area contributed by atoms with Gasteiger partial charge in [0.25, 0.3) is 10.1 Å². The molecule has 0 unspecified atom stereocenters. The molecule has 0 aromatic heterocycles. The van der Waals surface area contributed by atoms with Gasteiger partial charge in [0, 0.05) is 6.61 Å². The molecule has 0 atom stereocenters. The molecule has 0 amide bonds. The molecule has 0 heterocycles. The molecule has 0 aliphatic rings. The summed E-state index contributed by atoms with van der Waals surface area (Å²) in [7, 11) is -3.50. The van der Waals surface area contributed by atoms with E-state index in [1.807, 2.05) is 48.5 Å². The fourth-order valence-corrected chi connectivity index (χ4v) is 3.66. The highest BCUT2D eigenvalue weighted by Crippen LogP contribution is 2.10. The topological polar surface area (TPSA) is 52.6 Å². The van der Waals surface area contributed by atoms with E-state index in [9.17, 15) is 8.42 Å². The average Bonchev–Trinajstić information content (AvgIpc) is 2.67. The number of unbranched alkanes of at least 4 members (excludes halogenated alkanes) is 3. The highest BCUT2D eigenvalue weighted by Gasteiger charge is 2.11. The van der Waals surface area contributed by atoms with E-state index in [0.717, 1.165) is 42.4 Å². The number of benzene rings is 2. The summed E-state index contributed by atoms with van der Waals surface area (Å²) in [5, 5.41) is 0. The van der Waals surface area contributed by atoms with E-state index in [4.69, 9.17) is 8.92 Å². The Labute approximate surface area is 163 Å². The summed E-state index contributed by atoms with van der Waals surface area (Å²) in [4.78, 5) is 0. The maximum atomic E-state index is 11.9. The molecular weight excluding hydrogens is 360 g/mol. The standard InChI is InChI=1S/C22H28O4S/c1-2-20-12-14-21(15-13-20)18-25-16-8-3-4-9-17-26-27(23,24)19-22-10-6-5-7-11-22/h2,5-7,10-15H,1,3-4,8-9,16-19H2. The summed E-state index contributed by atoms with van der Waals surface area (Å²) < 4.78 is 34.5. The summed E-state index contributed by atoms with van der Waals surface area (Å²) in [6.45, 7) is 5.29. The van der Waals surface area contributed by atoms with Crippen molar-refractivity contribution in [2.45, 2.75) is 38.0 Å². The van der Waals surface area contributed by atoms with Crippen LogP contribution < -0.4 is 0 Å². The first-order valence-corrected chi connectivity index (χ1v) is 10.9. The molecule has 0 N–H and O–H groups in total. The van der Waals surface area contributed by atoms with Gasteiger partial charge in [-0.05, 0) is 29.5 Å². The Morgan fingerprint density at radius 1 is 0.815 bits per heavy atom. The zero-order chi connectivity index (χ0) is 19.4. The summed E-state index contributed by atoms with van der Waals surface area (Å²) in [5.74, 6) is -0.0739. The molecular formula is C22H28O4S. The van der Waals surface area contributed by atoms with Gasteiger partial charge < -0.3 is 4.74 Å². The first-order chi connectivity index (χ1) is 13.1. The van der Waals surface area contributed by atoms with Gasteiger partial charge in [-0.15, -0.1) is 0 Å². The third-order valence-corrected chi connectivity index (χ3v) is 5.33. The number of rotatable bonds is 13. The highest BCUT2D eigenvalue weighted by molar-refractivity contribution is 7.85. The third kappa shape index (κ3) is 9.00. The van der Waals surface area contributed by atoms with Crippen LogP contribution in [-0.2, 0) is 31.4 Å². The highest BCUT2D eigenvalue weighted by atomic mass is 32.2. The van der Waals surface area contributed by atoms with Crippen LogP contribution in [0.15, 0.2) is 61.2 Å². The second kappa shape index (κ2) is 11.7. The minimum absolute atomic E-state index is 0.0739. The van der Waals surface area contributed by atoms with E-state index in [1.54, 1.807) is 12.1 Å². The molecule has 27 heavy (non-hydrogen) atoms. The van der Waals surface area contributed by atoms with Gasteiger partial charge in [-0.1, -0.05) is 80.1 Å². The average molecular weight is 389 g/mol. The van der Waals surface area contributed by atoms with Crippen LogP contribution in [0, 0.1) is 0 Å². The first-order valence-electron chi connectivity index (χ1n) is 9.29. The lowest BCUT2D eigenvalue weighted by atomic mass is 10.1. The minimum Gasteiger partial charge on any atom is -0.377 e. The van der Waals surface area contributed by atoms with Gasteiger partial charge in [0.15, 0.2) is 0 Å².